The zero-order valence-corrected chi connectivity index (χ0v) is 19.2. The molecule has 5 unspecified atom stereocenters. The number of carbonyl (C=O) groups excluding carboxylic acids is 2. The molecule has 0 aliphatic carbocycles. The van der Waals surface area contributed by atoms with Gasteiger partial charge in [-0.25, -0.2) is 0 Å². The fourth-order valence-corrected chi connectivity index (χ4v) is 4.00. The summed E-state index contributed by atoms with van der Waals surface area (Å²) < 4.78 is 11.1. The van der Waals surface area contributed by atoms with E-state index in [9.17, 15) is 30.0 Å². The van der Waals surface area contributed by atoms with Gasteiger partial charge in [-0.05, 0) is 41.0 Å². The van der Waals surface area contributed by atoms with Crippen LogP contribution in [0.1, 0.15) is 26.3 Å². The highest BCUT2D eigenvalue weighted by molar-refractivity contribution is 6.01. The van der Waals surface area contributed by atoms with Crippen LogP contribution in [0.5, 0.6) is 5.75 Å². The fraction of sp³-hybridized carbons (Fsp3) is 0.417. The van der Waals surface area contributed by atoms with Crippen molar-refractivity contribution in [2.75, 3.05) is 27.8 Å². The molecule has 1 fully saturated rings. The minimum atomic E-state index is -1.46. The normalized spacial score (nSPS) is 24.4. The van der Waals surface area contributed by atoms with Crippen LogP contribution in [0.15, 0.2) is 36.4 Å². The van der Waals surface area contributed by atoms with Gasteiger partial charge in [-0.2, -0.15) is 0 Å². The summed E-state index contributed by atoms with van der Waals surface area (Å²) in [5.74, 6) is -0.210. The van der Waals surface area contributed by atoms with Crippen LogP contribution >= 0.6 is 0 Å². The molecule has 0 aromatic heterocycles. The van der Waals surface area contributed by atoms with Crippen LogP contribution in [-0.4, -0.2) is 90.6 Å². The minimum Gasteiger partial charge on any atom is -0.496 e. The number of aliphatic hydroxyl groups is 4. The summed E-state index contributed by atoms with van der Waals surface area (Å²) in [6.07, 6.45) is -5.98. The topological polar surface area (TPSA) is 158 Å². The molecule has 2 amide bonds. The minimum absolute atomic E-state index is 0.146. The van der Waals surface area contributed by atoms with Gasteiger partial charge in [0.2, 0.25) is 0 Å². The Balaban J connectivity index is 1.95. The predicted octanol–water partition coefficient (Wildman–Crippen LogP) is -0.534. The third-order valence-corrected chi connectivity index (χ3v) is 5.94. The predicted molar refractivity (Wildman–Crippen MR) is 123 cm³/mol. The first-order chi connectivity index (χ1) is 16.2. The highest BCUT2D eigenvalue weighted by atomic mass is 16.5. The molecule has 10 heteroatoms. The van der Waals surface area contributed by atoms with Crippen LogP contribution in [-0.2, 0) is 11.2 Å². The van der Waals surface area contributed by atoms with Crippen LogP contribution in [0, 0.1) is 0 Å². The van der Waals surface area contributed by atoms with Gasteiger partial charge in [0.25, 0.3) is 11.8 Å². The lowest BCUT2D eigenvalue weighted by Crippen LogP contribution is -2.59. The maximum absolute atomic E-state index is 12.2. The second-order valence-electron chi connectivity index (χ2n) is 8.06. The zero-order valence-electron chi connectivity index (χ0n) is 19.2. The van der Waals surface area contributed by atoms with Crippen molar-refractivity contribution in [1.82, 2.24) is 10.6 Å². The molecule has 1 aliphatic heterocycles. The summed E-state index contributed by atoms with van der Waals surface area (Å²) in [5.41, 5.74) is 2.61. The van der Waals surface area contributed by atoms with Crippen LogP contribution in [0.25, 0.3) is 11.1 Å². The standard InChI is InChI=1S/C24H30N2O8/c1-25-23(31)15-6-14(7-16(8-15)24(32)26-2)12-4-5-13(17(9-12)33-3)10-18-20(28)22(30)21(29)19(11-27)34-18/h4-9,18-22,27-30H,10-11H2,1-3H3,(H,25,31)(H,26,32). The SMILES string of the molecule is CNC(=O)c1cc(C(=O)NC)cc(-c2ccc(CC3OC(CO)C(O)C(O)C3O)c(OC)c2)c1. The van der Waals surface area contributed by atoms with Gasteiger partial charge in [0, 0.05) is 31.6 Å². The molecule has 1 aliphatic rings. The third kappa shape index (κ3) is 5.21. The molecular formula is C24H30N2O8. The van der Waals surface area contributed by atoms with Crippen LogP contribution in [0.4, 0.5) is 0 Å². The van der Waals surface area contributed by atoms with Crippen molar-refractivity contribution in [2.24, 2.45) is 0 Å². The van der Waals surface area contributed by atoms with E-state index in [1.165, 1.54) is 27.3 Å². The zero-order chi connectivity index (χ0) is 25.0. The van der Waals surface area contributed by atoms with E-state index in [4.69, 9.17) is 9.47 Å². The number of ether oxygens (including phenoxy) is 2. The number of carbonyl (C=O) groups is 2. The van der Waals surface area contributed by atoms with Crippen molar-refractivity contribution in [1.29, 1.82) is 0 Å². The molecule has 10 nitrogen and oxygen atoms in total. The maximum atomic E-state index is 12.2. The van der Waals surface area contributed by atoms with Gasteiger partial charge in [0.1, 0.15) is 30.2 Å². The maximum Gasteiger partial charge on any atom is 0.251 e. The van der Waals surface area contributed by atoms with Gasteiger partial charge in [-0.3, -0.25) is 9.59 Å². The highest BCUT2D eigenvalue weighted by Gasteiger charge is 2.43. The largest absolute Gasteiger partial charge is 0.496 e. The van der Waals surface area contributed by atoms with E-state index < -0.39 is 37.1 Å². The summed E-state index contributed by atoms with van der Waals surface area (Å²) in [7, 11) is 4.49. The van der Waals surface area contributed by atoms with Gasteiger partial charge in [-0.1, -0.05) is 12.1 Å². The quantitative estimate of drug-likeness (QED) is 0.313. The van der Waals surface area contributed by atoms with E-state index in [-0.39, 0.29) is 18.2 Å². The number of methoxy groups -OCH3 is 1. The number of hydrogen-bond acceptors (Lipinski definition) is 8. The molecular weight excluding hydrogens is 444 g/mol. The summed E-state index contributed by atoms with van der Waals surface area (Å²) in [6.45, 7) is -0.507. The Hall–Kier alpha value is -3.02. The third-order valence-electron chi connectivity index (χ3n) is 5.94. The van der Waals surface area contributed by atoms with Crippen LogP contribution in [0.2, 0.25) is 0 Å². The summed E-state index contributed by atoms with van der Waals surface area (Å²) in [4.78, 5) is 24.5. The summed E-state index contributed by atoms with van der Waals surface area (Å²) in [6, 6.07) is 10.1. The second kappa shape index (κ2) is 10.9. The van der Waals surface area contributed by atoms with E-state index in [1.807, 2.05) is 0 Å². The van der Waals surface area contributed by atoms with E-state index in [1.54, 1.807) is 30.3 Å². The van der Waals surface area contributed by atoms with Crippen LogP contribution in [0.3, 0.4) is 0 Å². The van der Waals surface area contributed by atoms with Gasteiger partial charge < -0.3 is 40.5 Å². The highest BCUT2D eigenvalue weighted by Crippen LogP contribution is 2.32. The van der Waals surface area contributed by atoms with E-state index in [0.717, 1.165) is 0 Å². The molecule has 34 heavy (non-hydrogen) atoms. The van der Waals surface area contributed by atoms with Crippen molar-refractivity contribution in [3.63, 3.8) is 0 Å². The molecule has 3 rings (SSSR count). The molecule has 2 aromatic rings. The summed E-state index contributed by atoms with van der Waals surface area (Å²) >= 11 is 0. The molecule has 6 N–H and O–H groups in total. The van der Waals surface area contributed by atoms with E-state index >= 15 is 0 Å². The van der Waals surface area contributed by atoms with Crippen molar-refractivity contribution >= 4 is 11.8 Å². The average Bonchev–Trinajstić information content (AvgIpc) is 2.87. The lowest BCUT2D eigenvalue weighted by Gasteiger charge is -2.40. The number of aliphatic hydroxyl groups excluding tert-OH is 4. The van der Waals surface area contributed by atoms with E-state index in [0.29, 0.717) is 33.6 Å². The lowest BCUT2D eigenvalue weighted by atomic mass is 9.90. The molecule has 0 radical (unpaired) electrons. The molecule has 0 saturated carbocycles. The molecule has 1 saturated heterocycles. The van der Waals surface area contributed by atoms with Crippen molar-refractivity contribution in [3.05, 3.63) is 53.1 Å². The molecule has 0 spiro atoms. The molecule has 2 aromatic carbocycles. The Labute approximate surface area is 197 Å². The number of benzene rings is 2. The monoisotopic (exact) mass is 474 g/mol. The Morgan fingerprint density at radius 1 is 0.882 bits per heavy atom. The summed E-state index contributed by atoms with van der Waals surface area (Å²) in [5, 5.41) is 44.9. The smallest absolute Gasteiger partial charge is 0.251 e. The number of rotatable bonds is 7. The van der Waals surface area contributed by atoms with E-state index in [2.05, 4.69) is 10.6 Å². The second-order valence-corrected chi connectivity index (χ2v) is 8.06. The Morgan fingerprint density at radius 2 is 1.47 bits per heavy atom. The van der Waals surface area contributed by atoms with Gasteiger partial charge in [-0.15, -0.1) is 0 Å². The molecule has 5 atom stereocenters. The van der Waals surface area contributed by atoms with Crippen LogP contribution < -0.4 is 15.4 Å². The molecule has 0 bridgehead atoms. The Kier molecular flexibility index (Phi) is 8.24. The fourth-order valence-electron chi connectivity index (χ4n) is 4.00. The first-order valence-corrected chi connectivity index (χ1v) is 10.8. The molecule has 184 valence electrons. The van der Waals surface area contributed by atoms with Crippen molar-refractivity contribution in [3.8, 4) is 16.9 Å². The number of hydrogen-bond donors (Lipinski definition) is 6. The Morgan fingerprint density at radius 3 is 2.00 bits per heavy atom. The van der Waals surface area contributed by atoms with Gasteiger partial charge in [0.05, 0.1) is 19.8 Å². The lowest BCUT2D eigenvalue weighted by molar-refractivity contribution is -0.228. The Bertz CT molecular complexity index is 1010. The number of nitrogens with one attached hydrogen (secondary N) is 2. The number of amides is 2. The van der Waals surface area contributed by atoms with Gasteiger partial charge >= 0.3 is 0 Å². The first kappa shape index (κ1) is 25.6. The van der Waals surface area contributed by atoms with Crippen molar-refractivity contribution in [2.45, 2.75) is 36.9 Å². The van der Waals surface area contributed by atoms with Gasteiger partial charge in [0.15, 0.2) is 0 Å². The molecule has 1 heterocycles. The van der Waals surface area contributed by atoms with Crippen molar-refractivity contribution < 1.29 is 39.5 Å². The first-order valence-electron chi connectivity index (χ1n) is 10.8. The average molecular weight is 475 g/mol.